The molecule has 0 radical (unpaired) electrons. The Morgan fingerprint density at radius 2 is 2.16 bits per heavy atom. The lowest BCUT2D eigenvalue weighted by Crippen LogP contribution is -2.38. The second-order valence-corrected chi connectivity index (χ2v) is 6.95. The Labute approximate surface area is 113 Å². The number of halogens is 1. The van der Waals surface area contributed by atoms with Gasteiger partial charge in [-0.05, 0) is 44.0 Å². The van der Waals surface area contributed by atoms with Gasteiger partial charge in [-0.15, -0.1) is 0 Å². The molecule has 6 heteroatoms. The van der Waals surface area contributed by atoms with E-state index in [9.17, 15) is 12.8 Å². The summed E-state index contributed by atoms with van der Waals surface area (Å²) in [6, 6.07) is 5.92. The number of sulfonamides is 1. The molecule has 1 aromatic rings. The summed E-state index contributed by atoms with van der Waals surface area (Å²) in [5, 5.41) is 3.19. The van der Waals surface area contributed by atoms with Gasteiger partial charge < -0.3 is 5.32 Å². The fourth-order valence-corrected chi connectivity index (χ4v) is 3.88. The zero-order valence-corrected chi connectivity index (χ0v) is 11.8. The van der Waals surface area contributed by atoms with Crippen molar-refractivity contribution in [2.75, 3.05) is 30.2 Å². The molecule has 1 unspecified atom stereocenters. The SMILES string of the molecule is CN(c1ccccc1F)S(=O)(=O)CC1CCCNC1. The monoisotopic (exact) mass is 286 g/mol. The number of hydrogen-bond acceptors (Lipinski definition) is 3. The average molecular weight is 286 g/mol. The van der Waals surface area contributed by atoms with Crippen LogP contribution in [-0.2, 0) is 10.0 Å². The smallest absolute Gasteiger partial charge is 0.235 e. The maximum absolute atomic E-state index is 13.6. The predicted molar refractivity (Wildman–Crippen MR) is 74.2 cm³/mol. The Morgan fingerprint density at radius 1 is 1.42 bits per heavy atom. The molecule has 1 N–H and O–H groups in total. The number of benzene rings is 1. The van der Waals surface area contributed by atoms with E-state index in [1.807, 2.05) is 0 Å². The van der Waals surface area contributed by atoms with E-state index < -0.39 is 15.8 Å². The van der Waals surface area contributed by atoms with Gasteiger partial charge in [0.1, 0.15) is 5.82 Å². The molecule has 1 heterocycles. The number of nitrogens with one attached hydrogen (secondary N) is 1. The fraction of sp³-hybridized carbons (Fsp3) is 0.538. The van der Waals surface area contributed by atoms with Gasteiger partial charge in [-0.3, -0.25) is 4.31 Å². The lowest BCUT2D eigenvalue weighted by molar-refractivity contribution is 0.404. The summed E-state index contributed by atoms with van der Waals surface area (Å²) in [6.45, 7) is 1.66. The van der Waals surface area contributed by atoms with Gasteiger partial charge in [0.05, 0.1) is 11.4 Å². The maximum Gasteiger partial charge on any atom is 0.235 e. The van der Waals surface area contributed by atoms with Crippen molar-refractivity contribution in [3.8, 4) is 0 Å². The van der Waals surface area contributed by atoms with E-state index in [2.05, 4.69) is 5.32 Å². The highest BCUT2D eigenvalue weighted by Crippen LogP contribution is 2.22. The number of para-hydroxylation sites is 1. The van der Waals surface area contributed by atoms with Gasteiger partial charge in [0.25, 0.3) is 0 Å². The van der Waals surface area contributed by atoms with Gasteiger partial charge in [0.2, 0.25) is 10.0 Å². The van der Waals surface area contributed by atoms with Crippen LogP contribution in [0.4, 0.5) is 10.1 Å². The average Bonchev–Trinajstić information content (AvgIpc) is 2.39. The summed E-state index contributed by atoms with van der Waals surface area (Å²) in [7, 11) is -2.08. The molecule has 0 spiro atoms. The fourth-order valence-electron chi connectivity index (χ4n) is 2.33. The van der Waals surface area contributed by atoms with Gasteiger partial charge in [0, 0.05) is 7.05 Å². The lowest BCUT2D eigenvalue weighted by atomic mass is 10.0. The Bertz CT molecular complexity index is 527. The predicted octanol–water partition coefficient (Wildman–Crippen LogP) is 1.59. The van der Waals surface area contributed by atoms with E-state index in [0.29, 0.717) is 6.54 Å². The second-order valence-electron chi connectivity index (χ2n) is 4.91. The minimum Gasteiger partial charge on any atom is -0.316 e. The molecule has 0 aromatic heterocycles. The van der Waals surface area contributed by atoms with Crippen molar-refractivity contribution in [1.82, 2.24) is 5.32 Å². The standard InChI is InChI=1S/C13H19FN2O2S/c1-16(13-7-3-2-6-12(13)14)19(17,18)10-11-5-4-8-15-9-11/h2-3,6-7,11,15H,4-5,8-10H2,1H3. The minimum absolute atomic E-state index is 0.0604. The Balaban J connectivity index is 2.12. The number of nitrogens with zero attached hydrogens (tertiary/aromatic N) is 1. The Kier molecular flexibility index (Phi) is 4.42. The first-order valence-electron chi connectivity index (χ1n) is 6.42. The highest BCUT2D eigenvalue weighted by atomic mass is 32.2. The summed E-state index contributed by atoms with van der Waals surface area (Å²) in [5.41, 5.74) is 0.103. The van der Waals surface area contributed by atoms with E-state index in [1.54, 1.807) is 12.1 Å². The van der Waals surface area contributed by atoms with Crippen molar-refractivity contribution < 1.29 is 12.8 Å². The molecular weight excluding hydrogens is 267 g/mol. The van der Waals surface area contributed by atoms with E-state index in [0.717, 1.165) is 23.7 Å². The minimum atomic E-state index is -3.48. The van der Waals surface area contributed by atoms with Gasteiger partial charge in [-0.25, -0.2) is 12.8 Å². The molecule has 1 aliphatic rings. The van der Waals surface area contributed by atoms with Crippen LogP contribution in [0, 0.1) is 11.7 Å². The highest BCUT2D eigenvalue weighted by Gasteiger charge is 2.26. The summed E-state index contributed by atoms with van der Waals surface area (Å²) >= 11 is 0. The lowest BCUT2D eigenvalue weighted by Gasteiger charge is -2.26. The molecule has 0 amide bonds. The number of anilines is 1. The van der Waals surface area contributed by atoms with Crippen molar-refractivity contribution in [2.45, 2.75) is 12.8 Å². The second kappa shape index (κ2) is 5.88. The van der Waals surface area contributed by atoms with Crippen molar-refractivity contribution >= 4 is 15.7 Å². The van der Waals surface area contributed by atoms with Crippen molar-refractivity contribution in [1.29, 1.82) is 0 Å². The Morgan fingerprint density at radius 3 is 2.79 bits per heavy atom. The molecule has 106 valence electrons. The third kappa shape index (κ3) is 3.45. The van der Waals surface area contributed by atoms with Crippen LogP contribution in [0.3, 0.4) is 0 Å². The van der Waals surface area contributed by atoms with Crippen LogP contribution in [0.15, 0.2) is 24.3 Å². The zero-order valence-electron chi connectivity index (χ0n) is 11.0. The summed E-state index contributed by atoms with van der Waals surface area (Å²) in [5.74, 6) is -0.353. The Hall–Kier alpha value is -1.14. The van der Waals surface area contributed by atoms with Crippen LogP contribution in [0.2, 0.25) is 0 Å². The molecule has 1 aromatic carbocycles. The van der Waals surface area contributed by atoms with Gasteiger partial charge in [-0.2, -0.15) is 0 Å². The quantitative estimate of drug-likeness (QED) is 0.914. The van der Waals surface area contributed by atoms with Crippen molar-refractivity contribution in [2.24, 2.45) is 5.92 Å². The summed E-state index contributed by atoms with van der Waals surface area (Å²) in [4.78, 5) is 0. The maximum atomic E-state index is 13.6. The molecular formula is C13H19FN2O2S. The third-order valence-electron chi connectivity index (χ3n) is 3.45. The molecule has 1 saturated heterocycles. The van der Waals surface area contributed by atoms with Crippen LogP contribution in [-0.4, -0.2) is 34.3 Å². The van der Waals surface area contributed by atoms with E-state index in [1.165, 1.54) is 19.2 Å². The largest absolute Gasteiger partial charge is 0.316 e. The summed E-state index contributed by atoms with van der Waals surface area (Å²) < 4.78 is 39.2. The van der Waals surface area contributed by atoms with Gasteiger partial charge in [-0.1, -0.05) is 12.1 Å². The normalized spacial score (nSPS) is 20.2. The van der Waals surface area contributed by atoms with E-state index in [4.69, 9.17) is 0 Å². The first-order valence-corrected chi connectivity index (χ1v) is 8.03. The first kappa shape index (κ1) is 14.3. The first-order chi connectivity index (χ1) is 9.00. The molecule has 19 heavy (non-hydrogen) atoms. The van der Waals surface area contributed by atoms with Gasteiger partial charge in [0.15, 0.2) is 0 Å². The molecule has 0 aliphatic carbocycles. The van der Waals surface area contributed by atoms with E-state index >= 15 is 0 Å². The molecule has 1 fully saturated rings. The third-order valence-corrected chi connectivity index (χ3v) is 5.38. The number of hydrogen-bond donors (Lipinski definition) is 1. The molecule has 1 aliphatic heterocycles. The zero-order chi connectivity index (χ0) is 13.9. The van der Waals surface area contributed by atoms with Crippen LogP contribution in [0.5, 0.6) is 0 Å². The van der Waals surface area contributed by atoms with Crippen molar-refractivity contribution in [3.05, 3.63) is 30.1 Å². The molecule has 4 nitrogen and oxygen atoms in total. The topological polar surface area (TPSA) is 49.4 Å². The molecule has 2 rings (SSSR count). The van der Waals surface area contributed by atoms with Crippen LogP contribution in [0.25, 0.3) is 0 Å². The van der Waals surface area contributed by atoms with E-state index in [-0.39, 0.29) is 17.4 Å². The van der Waals surface area contributed by atoms with Crippen LogP contribution < -0.4 is 9.62 Å². The van der Waals surface area contributed by atoms with Crippen LogP contribution in [0.1, 0.15) is 12.8 Å². The molecule has 0 saturated carbocycles. The molecule has 0 bridgehead atoms. The molecule has 1 atom stereocenters. The van der Waals surface area contributed by atoms with Gasteiger partial charge >= 0.3 is 0 Å². The van der Waals surface area contributed by atoms with Crippen molar-refractivity contribution in [3.63, 3.8) is 0 Å². The van der Waals surface area contributed by atoms with Crippen LogP contribution >= 0.6 is 0 Å². The number of rotatable bonds is 4. The number of piperidine rings is 1. The highest BCUT2D eigenvalue weighted by molar-refractivity contribution is 7.92. The summed E-state index contributed by atoms with van der Waals surface area (Å²) in [6.07, 6.45) is 1.89.